The molecule has 2 rings (SSSR count). The zero-order valence-corrected chi connectivity index (χ0v) is 13.9. The maximum Gasteiger partial charge on any atom is 0.0668 e. The predicted octanol–water partition coefficient (Wildman–Crippen LogP) is 5.41. The Morgan fingerprint density at radius 2 is 1.95 bits per heavy atom. The Morgan fingerprint density at radius 1 is 1.14 bits per heavy atom. The first-order chi connectivity index (χ1) is 10.6. The highest BCUT2D eigenvalue weighted by Crippen LogP contribution is 2.24. The van der Waals surface area contributed by atoms with Crippen molar-refractivity contribution in [2.24, 2.45) is 4.99 Å². The number of hydrogen-bond acceptors (Lipinski definition) is 2. The van der Waals surface area contributed by atoms with Crippen molar-refractivity contribution in [3.05, 3.63) is 70.7 Å². The molecule has 1 aliphatic carbocycles. The number of hydrogen-bond donors (Lipinski definition) is 0. The predicted molar refractivity (Wildman–Crippen MR) is 96.1 cm³/mol. The fourth-order valence-corrected chi connectivity index (χ4v) is 2.42. The highest BCUT2D eigenvalue weighted by molar-refractivity contribution is 5.82. The first kappa shape index (κ1) is 16.2. The lowest BCUT2D eigenvalue weighted by Gasteiger charge is -2.07. The van der Waals surface area contributed by atoms with Crippen LogP contribution in [0.2, 0.25) is 0 Å². The van der Waals surface area contributed by atoms with E-state index in [-0.39, 0.29) is 0 Å². The van der Waals surface area contributed by atoms with E-state index in [0.717, 1.165) is 29.8 Å². The van der Waals surface area contributed by atoms with E-state index in [2.05, 4.69) is 56.1 Å². The van der Waals surface area contributed by atoms with Crippen molar-refractivity contribution in [2.45, 2.75) is 40.5 Å². The Labute approximate surface area is 133 Å². The van der Waals surface area contributed by atoms with E-state index in [9.17, 15) is 0 Å². The maximum absolute atomic E-state index is 4.76. The number of aliphatic imine (C=N–C) groups is 1. The van der Waals surface area contributed by atoms with E-state index in [1.165, 1.54) is 16.7 Å². The molecule has 0 saturated carbocycles. The van der Waals surface area contributed by atoms with Crippen molar-refractivity contribution >= 4 is 11.8 Å². The second-order valence-electron chi connectivity index (χ2n) is 5.65. The summed E-state index contributed by atoms with van der Waals surface area (Å²) in [6.07, 6.45) is 14.4. The summed E-state index contributed by atoms with van der Waals surface area (Å²) in [7, 11) is 0. The normalized spacial score (nSPS) is 15.7. The van der Waals surface area contributed by atoms with Gasteiger partial charge in [-0.15, -0.1) is 0 Å². The van der Waals surface area contributed by atoms with Gasteiger partial charge in [0.15, 0.2) is 0 Å². The lowest BCUT2D eigenvalue weighted by molar-refractivity contribution is 1.14. The molecule has 0 atom stereocenters. The minimum Gasteiger partial charge on any atom is -0.264 e. The number of nitrogens with zero attached hydrogens (tertiary/aromatic N) is 2. The summed E-state index contributed by atoms with van der Waals surface area (Å²) >= 11 is 0. The number of allylic oxidation sites excluding steroid dienone is 7. The molecule has 0 spiro atoms. The maximum atomic E-state index is 4.76. The van der Waals surface area contributed by atoms with Gasteiger partial charge in [-0.25, -0.2) is 0 Å². The van der Waals surface area contributed by atoms with Crippen LogP contribution in [-0.2, 0) is 0 Å². The molecular formula is C20H24N2. The molecule has 0 amide bonds. The Bertz CT molecular complexity index is 686. The minimum absolute atomic E-state index is 0.929. The fraction of sp³-hybridized carbons (Fsp3) is 0.300. The number of pyridine rings is 1. The van der Waals surface area contributed by atoms with Crippen LogP contribution in [0.25, 0.3) is 5.57 Å². The van der Waals surface area contributed by atoms with Crippen molar-refractivity contribution in [1.29, 1.82) is 0 Å². The summed E-state index contributed by atoms with van der Waals surface area (Å²) < 4.78 is 0. The van der Waals surface area contributed by atoms with E-state index in [1.54, 1.807) is 0 Å². The molecule has 114 valence electrons. The van der Waals surface area contributed by atoms with E-state index in [1.807, 2.05) is 25.4 Å². The molecule has 0 bridgehead atoms. The Morgan fingerprint density at radius 3 is 2.68 bits per heavy atom. The van der Waals surface area contributed by atoms with Crippen LogP contribution < -0.4 is 0 Å². The van der Waals surface area contributed by atoms with Gasteiger partial charge < -0.3 is 0 Å². The first-order valence-corrected chi connectivity index (χ1v) is 7.82. The van der Waals surface area contributed by atoms with Gasteiger partial charge in [-0.1, -0.05) is 42.4 Å². The fourth-order valence-electron chi connectivity index (χ4n) is 2.42. The molecule has 0 N–H and O–H groups in total. The van der Waals surface area contributed by atoms with Gasteiger partial charge in [0, 0.05) is 23.7 Å². The van der Waals surface area contributed by atoms with Gasteiger partial charge in [0.1, 0.15) is 0 Å². The molecule has 0 aromatic carbocycles. The van der Waals surface area contributed by atoms with Crippen LogP contribution in [0.5, 0.6) is 0 Å². The summed E-state index contributed by atoms with van der Waals surface area (Å²) in [5, 5.41) is 0. The van der Waals surface area contributed by atoms with E-state index < -0.39 is 0 Å². The zero-order chi connectivity index (χ0) is 15.9. The molecule has 0 saturated heterocycles. The lowest BCUT2D eigenvalue weighted by atomic mass is 10.0. The number of aromatic nitrogens is 1. The molecular weight excluding hydrogens is 268 g/mol. The summed E-state index contributed by atoms with van der Waals surface area (Å²) in [5.41, 5.74) is 6.99. The molecule has 2 nitrogen and oxygen atoms in total. The van der Waals surface area contributed by atoms with E-state index in [4.69, 9.17) is 4.98 Å². The largest absolute Gasteiger partial charge is 0.264 e. The number of rotatable bonds is 4. The molecule has 1 aliphatic rings. The van der Waals surface area contributed by atoms with Crippen LogP contribution in [0.1, 0.15) is 50.6 Å². The van der Waals surface area contributed by atoms with Crippen LogP contribution in [-0.4, -0.2) is 11.2 Å². The molecule has 1 heterocycles. The van der Waals surface area contributed by atoms with Crippen LogP contribution in [0.15, 0.2) is 58.8 Å². The Hall–Kier alpha value is -2.22. The molecule has 0 aliphatic heterocycles. The highest BCUT2D eigenvalue weighted by atomic mass is 14.7. The third-order valence-corrected chi connectivity index (χ3v) is 3.60. The topological polar surface area (TPSA) is 25.2 Å². The van der Waals surface area contributed by atoms with Gasteiger partial charge in [-0.2, -0.15) is 0 Å². The smallest absolute Gasteiger partial charge is 0.0668 e. The lowest BCUT2D eigenvalue weighted by Crippen LogP contribution is -1.96. The molecule has 2 heteroatoms. The zero-order valence-electron chi connectivity index (χ0n) is 13.9. The second kappa shape index (κ2) is 7.69. The Kier molecular flexibility index (Phi) is 5.65. The summed E-state index contributed by atoms with van der Waals surface area (Å²) in [6, 6.07) is 4.19. The van der Waals surface area contributed by atoms with Crippen molar-refractivity contribution in [2.75, 3.05) is 0 Å². The van der Waals surface area contributed by atoms with Crippen LogP contribution in [0.3, 0.4) is 0 Å². The minimum atomic E-state index is 0.929. The van der Waals surface area contributed by atoms with Gasteiger partial charge in [-0.3, -0.25) is 9.98 Å². The van der Waals surface area contributed by atoms with Gasteiger partial charge in [0.05, 0.1) is 5.69 Å². The van der Waals surface area contributed by atoms with Gasteiger partial charge in [0.2, 0.25) is 0 Å². The van der Waals surface area contributed by atoms with Gasteiger partial charge in [-0.05, 0) is 51.3 Å². The highest BCUT2D eigenvalue weighted by Gasteiger charge is 2.07. The molecule has 0 radical (unpaired) electrons. The number of aryl methyl sites for hydroxylation is 1. The van der Waals surface area contributed by atoms with Gasteiger partial charge >= 0.3 is 0 Å². The summed E-state index contributed by atoms with van der Waals surface area (Å²) in [4.78, 5) is 9.05. The average Bonchev–Trinajstić information content (AvgIpc) is 2.65. The van der Waals surface area contributed by atoms with Crippen molar-refractivity contribution in [3.8, 4) is 0 Å². The van der Waals surface area contributed by atoms with Crippen LogP contribution in [0.4, 0.5) is 0 Å². The molecule has 1 aromatic heterocycles. The Balaban J connectivity index is 2.25. The third kappa shape index (κ3) is 4.39. The monoisotopic (exact) mass is 292 g/mol. The average molecular weight is 292 g/mol. The van der Waals surface area contributed by atoms with Crippen molar-refractivity contribution in [1.82, 2.24) is 4.98 Å². The third-order valence-electron chi connectivity index (χ3n) is 3.60. The summed E-state index contributed by atoms with van der Waals surface area (Å²) in [6.45, 7) is 8.41. The SMILES string of the molecule is CC/C=C/N=C\c1ccc(C2=CC(C)=CC(C)=CC2)nc1C. The quantitative estimate of drug-likeness (QED) is 0.681. The van der Waals surface area contributed by atoms with Crippen molar-refractivity contribution in [3.63, 3.8) is 0 Å². The molecule has 0 unspecified atom stereocenters. The molecule has 22 heavy (non-hydrogen) atoms. The van der Waals surface area contributed by atoms with Crippen molar-refractivity contribution < 1.29 is 0 Å². The molecule has 1 aromatic rings. The van der Waals surface area contributed by atoms with Gasteiger partial charge in [0.25, 0.3) is 0 Å². The van der Waals surface area contributed by atoms with E-state index >= 15 is 0 Å². The molecule has 0 fully saturated rings. The second-order valence-corrected chi connectivity index (χ2v) is 5.65. The van der Waals surface area contributed by atoms with E-state index in [0.29, 0.717) is 0 Å². The standard InChI is InChI=1S/C20H24N2/c1-5-6-11-21-14-19-9-10-20(22-17(19)4)18-8-7-15(2)12-16(3)13-18/h6-7,9-14H,5,8H2,1-4H3/b11-6+,21-14-. The van der Waals surface area contributed by atoms with Crippen LogP contribution in [0, 0.1) is 6.92 Å². The summed E-state index contributed by atoms with van der Waals surface area (Å²) in [5.74, 6) is 0. The first-order valence-electron chi connectivity index (χ1n) is 7.82. The van der Waals surface area contributed by atoms with Crippen LogP contribution >= 0.6 is 0 Å².